The highest BCUT2D eigenvalue weighted by atomic mass is 16.4. The molecule has 12 nitrogen and oxygen atoms in total. The molecule has 0 saturated carbocycles. The number of carboxylic acid groups (broad SMARTS) is 1. The van der Waals surface area contributed by atoms with Crippen LogP contribution < -0.4 is 27.8 Å². The van der Waals surface area contributed by atoms with Crippen LogP contribution in [0.2, 0.25) is 0 Å². The molecule has 1 saturated heterocycles. The highest BCUT2D eigenvalue weighted by Crippen LogP contribution is 2.20. The lowest BCUT2D eigenvalue weighted by atomic mass is 9.98. The smallest absolute Gasteiger partial charge is 0.326 e. The first-order valence-corrected chi connectivity index (χ1v) is 11.9. The maximum absolute atomic E-state index is 13.2. The molecule has 1 aliphatic heterocycles. The summed E-state index contributed by atoms with van der Waals surface area (Å²) in [6.07, 6.45) is 2.75. The molecule has 194 valence electrons. The van der Waals surface area contributed by atoms with Crippen LogP contribution in [0.4, 0.5) is 0 Å². The second-order valence-electron chi connectivity index (χ2n) is 8.85. The second-order valence-corrected chi connectivity index (χ2v) is 8.85. The van der Waals surface area contributed by atoms with E-state index in [-0.39, 0.29) is 31.7 Å². The minimum atomic E-state index is -1.13. The van der Waals surface area contributed by atoms with Gasteiger partial charge in [0.1, 0.15) is 18.1 Å². The van der Waals surface area contributed by atoms with E-state index in [1.807, 2.05) is 13.8 Å². The first-order chi connectivity index (χ1) is 16.0. The summed E-state index contributed by atoms with van der Waals surface area (Å²) in [7, 11) is 0. The SMILES string of the molecule is CCC(C)C(N)C(=O)NC(CCC(N)=O)C(=O)NC(CCCCN)C(=O)N1CCCC1C(=O)O. The first kappa shape index (κ1) is 29.3. The Kier molecular flexibility index (Phi) is 12.5. The summed E-state index contributed by atoms with van der Waals surface area (Å²) < 4.78 is 0. The number of likely N-dealkylation sites (tertiary alicyclic amines) is 1. The van der Waals surface area contributed by atoms with Crippen molar-refractivity contribution in [3.05, 3.63) is 0 Å². The van der Waals surface area contributed by atoms with Crippen molar-refractivity contribution in [1.29, 1.82) is 0 Å². The molecule has 1 rings (SSSR count). The lowest BCUT2D eigenvalue weighted by molar-refractivity contribution is -0.149. The third-order valence-electron chi connectivity index (χ3n) is 6.25. The molecule has 34 heavy (non-hydrogen) atoms. The van der Waals surface area contributed by atoms with Gasteiger partial charge in [-0.05, 0) is 51.0 Å². The van der Waals surface area contributed by atoms with E-state index in [1.165, 1.54) is 4.90 Å². The fraction of sp³-hybridized carbons (Fsp3) is 0.773. The number of carbonyl (C=O) groups excluding carboxylic acids is 4. The molecular weight excluding hydrogens is 444 g/mol. The zero-order chi connectivity index (χ0) is 25.8. The normalized spacial score (nSPS) is 19.1. The van der Waals surface area contributed by atoms with Crippen molar-refractivity contribution in [2.45, 2.75) is 89.4 Å². The zero-order valence-electron chi connectivity index (χ0n) is 20.1. The van der Waals surface area contributed by atoms with Crippen molar-refractivity contribution in [1.82, 2.24) is 15.5 Å². The Morgan fingerprint density at radius 3 is 2.26 bits per heavy atom. The minimum Gasteiger partial charge on any atom is -0.480 e. The Labute approximate surface area is 200 Å². The van der Waals surface area contributed by atoms with Gasteiger partial charge in [0, 0.05) is 13.0 Å². The van der Waals surface area contributed by atoms with Crippen LogP contribution in [0.15, 0.2) is 0 Å². The van der Waals surface area contributed by atoms with Crippen LogP contribution in [0.5, 0.6) is 0 Å². The molecule has 5 unspecified atom stereocenters. The molecule has 1 aliphatic rings. The maximum atomic E-state index is 13.2. The average molecular weight is 485 g/mol. The average Bonchev–Trinajstić information content (AvgIpc) is 3.29. The van der Waals surface area contributed by atoms with E-state index in [1.54, 1.807) is 0 Å². The lowest BCUT2D eigenvalue weighted by Crippen LogP contribution is -2.57. The topological polar surface area (TPSA) is 211 Å². The molecule has 12 heteroatoms. The van der Waals surface area contributed by atoms with Crippen LogP contribution >= 0.6 is 0 Å². The molecule has 9 N–H and O–H groups in total. The number of nitrogens with two attached hydrogens (primary N) is 3. The van der Waals surface area contributed by atoms with E-state index in [9.17, 15) is 29.1 Å². The number of nitrogens with one attached hydrogen (secondary N) is 2. The molecule has 0 aromatic carbocycles. The molecule has 0 aliphatic carbocycles. The number of hydrogen-bond donors (Lipinski definition) is 6. The monoisotopic (exact) mass is 484 g/mol. The first-order valence-electron chi connectivity index (χ1n) is 11.9. The zero-order valence-corrected chi connectivity index (χ0v) is 20.1. The van der Waals surface area contributed by atoms with Gasteiger partial charge in [-0.3, -0.25) is 19.2 Å². The van der Waals surface area contributed by atoms with Crippen LogP contribution in [0, 0.1) is 5.92 Å². The van der Waals surface area contributed by atoms with Gasteiger partial charge in [-0.1, -0.05) is 20.3 Å². The van der Waals surface area contributed by atoms with Crippen LogP contribution in [0.25, 0.3) is 0 Å². The van der Waals surface area contributed by atoms with E-state index < -0.39 is 53.8 Å². The van der Waals surface area contributed by atoms with Crippen molar-refractivity contribution >= 4 is 29.6 Å². The molecule has 4 amide bonds. The van der Waals surface area contributed by atoms with Crippen molar-refractivity contribution in [2.24, 2.45) is 23.1 Å². The van der Waals surface area contributed by atoms with Crippen LogP contribution in [-0.2, 0) is 24.0 Å². The summed E-state index contributed by atoms with van der Waals surface area (Å²) in [4.78, 5) is 63.0. The van der Waals surface area contributed by atoms with Crippen LogP contribution in [-0.4, -0.2) is 76.9 Å². The summed E-state index contributed by atoms with van der Waals surface area (Å²) in [6.45, 7) is 4.38. The van der Waals surface area contributed by atoms with Crippen LogP contribution in [0.1, 0.15) is 65.2 Å². The van der Waals surface area contributed by atoms with Gasteiger partial charge in [0.2, 0.25) is 23.6 Å². The van der Waals surface area contributed by atoms with Crippen LogP contribution in [0.3, 0.4) is 0 Å². The lowest BCUT2D eigenvalue weighted by Gasteiger charge is -2.29. The van der Waals surface area contributed by atoms with Gasteiger partial charge in [0.15, 0.2) is 0 Å². The van der Waals surface area contributed by atoms with Gasteiger partial charge < -0.3 is 37.8 Å². The summed E-state index contributed by atoms with van der Waals surface area (Å²) in [5.74, 6) is -3.57. The molecule has 0 spiro atoms. The van der Waals surface area contributed by atoms with E-state index in [0.717, 1.165) is 0 Å². The molecule has 1 heterocycles. The Balaban J connectivity index is 3.03. The van der Waals surface area contributed by atoms with Crippen molar-refractivity contribution < 1.29 is 29.1 Å². The molecule has 0 bridgehead atoms. The molecule has 0 aromatic rings. The van der Waals surface area contributed by atoms with Gasteiger partial charge >= 0.3 is 5.97 Å². The molecule has 0 radical (unpaired) electrons. The standard InChI is InChI=1S/C22H40N6O6/c1-3-13(2)18(25)20(31)26-14(9-10-17(24)29)19(30)27-15(7-4-5-11-23)21(32)28-12-6-8-16(28)22(33)34/h13-16,18H,3-12,23,25H2,1-2H3,(H2,24,29)(H,26,31)(H,27,30)(H,33,34). The number of aliphatic carboxylic acids is 1. The van der Waals surface area contributed by atoms with E-state index >= 15 is 0 Å². The molecule has 0 aromatic heterocycles. The summed E-state index contributed by atoms with van der Waals surface area (Å²) in [5.41, 5.74) is 16.7. The Bertz CT molecular complexity index is 733. The molecule has 1 fully saturated rings. The number of carboxylic acids is 1. The molecular formula is C22H40N6O6. The number of unbranched alkanes of at least 4 members (excludes halogenated alkanes) is 1. The fourth-order valence-corrected chi connectivity index (χ4v) is 3.85. The number of hydrogen-bond acceptors (Lipinski definition) is 7. The third-order valence-corrected chi connectivity index (χ3v) is 6.25. The Hall–Kier alpha value is -2.73. The van der Waals surface area contributed by atoms with Crippen molar-refractivity contribution in [3.8, 4) is 0 Å². The Morgan fingerprint density at radius 2 is 1.71 bits per heavy atom. The summed E-state index contributed by atoms with van der Waals surface area (Å²) in [6, 6.07) is -3.92. The minimum absolute atomic E-state index is 0.0642. The van der Waals surface area contributed by atoms with Gasteiger partial charge in [0.05, 0.1) is 6.04 Å². The largest absolute Gasteiger partial charge is 0.480 e. The third kappa shape index (κ3) is 8.90. The number of rotatable bonds is 15. The maximum Gasteiger partial charge on any atom is 0.326 e. The number of nitrogens with zero attached hydrogens (tertiary/aromatic N) is 1. The van der Waals surface area contributed by atoms with Gasteiger partial charge in [-0.2, -0.15) is 0 Å². The van der Waals surface area contributed by atoms with Gasteiger partial charge in [-0.25, -0.2) is 4.79 Å². The quantitative estimate of drug-likeness (QED) is 0.155. The molecule has 5 atom stereocenters. The van der Waals surface area contributed by atoms with Crippen molar-refractivity contribution in [2.75, 3.05) is 13.1 Å². The van der Waals surface area contributed by atoms with Gasteiger partial charge in [0.25, 0.3) is 0 Å². The summed E-state index contributed by atoms with van der Waals surface area (Å²) in [5, 5.41) is 14.7. The second kappa shape index (κ2) is 14.5. The van der Waals surface area contributed by atoms with E-state index in [4.69, 9.17) is 17.2 Å². The highest BCUT2D eigenvalue weighted by Gasteiger charge is 2.38. The van der Waals surface area contributed by atoms with Gasteiger partial charge in [-0.15, -0.1) is 0 Å². The predicted octanol–water partition coefficient (Wildman–Crippen LogP) is -1.20. The van der Waals surface area contributed by atoms with Crippen molar-refractivity contribution in [3.63, 3.8) is 0 Å². The van der Waals surface area contributed by atoms with E-state index in [2.05, 4.69) is 10.6 Å². The van der Waals surface area contributed by atoms with E-state index in [0.29, 0.717) is 38.6 Å². The number of carbonyl (C=O) groups is 5. The fourth-order valence-electron chi connectivity index (χ4n) is 3.85. The number of amides is 4. The predicted molar refractivity (Wildman–Crippen MR) is 125 cm³/mol. The highest BCUT2D eigenvalue weighted by molar-refractivity contribution is 5.94. The summed E-state index contributed by atoms with van der Waals surface area (Å²) >= 11 is 0. The number of primary amides is 1. The Morgan fingerprint density at radius 1 is 1.06 bits per heavy atom.